The number of ether oxygens (including phenoxy) is 1. The van der Waals surface area contributed by atoms with Crippen LogP contribution in [0.2, 0.25) is 5.02 Å². The molecule has 0 heterocycles. The molecule has 3 N–H and O–H groups in total. The van der Waals surface area contributed by atoms with Crippen molar-refractivity contribution in [2.75, 3.05) is 12.4 Å². The summed E-state index contributed by atoms with van der Waals surface area (Å²) in [5.41, 5.74) is 7.12. The Kier molecular flexibility index (Phi) is 4.68. The van der Waals surface area contributed by atoms with Gasteiger partial charge in [-0.25, -0.2) is 0 Å². The summed E-state index contributed by atoms with van der Waals surface area (Å²) in [5.74, 6) is -0.721. The molecule has 2 amide bonds. The molecule has 0 atom stereocenters. The molecule has 6 heteroatoms. The number of benzene rings is 2. The maximum Gasteiger partial charge on any atom is 0.259 e. The lowest BCUT2D eigenvalue weighted by Gasteiger charge is -2.11. The van der Waals surface area contributed by atoms with Gasteiger partial charge >= 0.3 is 0 Å². The molecule has 2 rings (SSSR count). The molecule has 0 spiro atoms. The molecule has 0 aliphatic rings. The second-order valence-corrected chi connectivity index (χ2v) is 5.12. The first-order valence-electron chi connectivity index (χ1n) is 6.47. The summed E-state index contributed by atoms with van der Waals surface area (Å²) >= 11 is 6.10. The van der Waals surface area contributed by atoms with Crippen LogP contribution in [0.25, 0.3) is 0 Å². The van der Waals surface area contributed by atoms with Gasteiger partial charge in [0.15, 0.2) is 0 Å². The number of rotatable bonds is 4. The van der Waals surface area contributed by atoms with E-state index in [2.05, 4.69) is 5.32 Å². The van der Waals surface area contributed by atoms with E-state index >= 15 is 0 Å². The van der Waals surface area contributed by atoms with Gasteiger partial charge in [0.05, 0.1) is 23.4 Å². The Morgan fingerprint density at radius 1 is 1.18 bits per heavy atom. The monoisotopic (exact) mass is 318 g/mol. The minimum atomic E-state index is -0.620. The van der Waals surface area contributed by atoms with E-state index in [1.165, 1.54) is 25.3 Å². The minimum absolute atomic E-state index is 0.204. The molecule has 2 aromatic rings. The van der Waals surface area contributed by atoms with Gasteiger partial charge in [0.2, 0.25) is 5.91 Å². The Bertz CT molecular complexity index is 744. The van der Waals surface area contributed by atoms with Crippen LogP contribution in [0.5, 0.6) is 5.75 Å². The van der Waals surface area contributed by atoms with Gasteiger partial charge in [-0.2, -0.15) is 0 Å². The van der Waals surface area contributed by atoms with Gasteiger partial charge in [0, 0.05) is 5.56 Å². The average Bonchev–Trinajstić information content (AvgIpc) is 2.49. The van der Waals surface area contributed by atoms with E-state index in [1.807, 2.05) is 13.0 Å². The Morgan fingerprint density at radius 2 is 1.91 bits per heavy atom. The number of hydrogen-bond acceptors (Lipinski definition) is 3. The summed E-state index contributed by atoms with van der Waals surface area (Å²) in [6.45, 7) is 1.90. The van der Waals surface area contributed by atoms with Gasteiger partial charge in [-0.1, -0.05) is 17.7 Å². The van der Waals surface area contributed by atoms with Crippen LogP contribution in [-0.2, 0) is 0 Å². The van der Waals surface area contributed by atoms with Crippen molar-refractivity contribution in [3.8, 4) is 5.75 Å². The lowest BCUT2D eigenvalue weighted by atomic mass is 10.1. The third-order valence-electron chi connectivity index (χ3n) is 3.10. The first-order valence-corrected chi connectivity index (χ1v) is 6.85. The van der Waals surface area contributed by atoms with E-state index in [4.69, 9.17) is 22.1 Å². The molecule has 114 valence electrons. The summed E-state index contributed by atoms with van der Waals surface area (Å²) in [7, 11) is 1.44. The maximum absolute atomic E-state index is 12.4. The van der Waals surface area contributed by atoms with Crippen molar-refractivity contribution in [1.82, 2.24) is 0 Å². The van der Waals surface area contributed by atoms with E-state index in [0.29, 0.717) is 16.5 Å². The first kappa shape index (κ1) is 15.9. The quantitative estimate of drug-likeness (QED) is 0.909. The topological polar surface area (TPSA) is 81.4 Å². The number of carbonyl (C=O) groups excluding carboxylic acids is 2. The molecule has 0 aliphatic heterocycles. The molecular weight excluding hydrogens is 304 g/mol. The highest BCUT2D eigenvalue weighted by atomic mass is 35.5. The van der Waals surface area contributed by atoms with E-state index in [0.717, 1.165) is 5.56 Å². The van der Waals surface area contributed by atoms with Crippen molar-refractivity contribution in [3.63, 3.8) is 0 Å². The molecule has 0 aliphatic carbocycles. The molecule has 0 radical (unpaired) electrons. The molecule has 0 aromatic heterocycles. The SMILES string of the molecule is COc1ccc(C(N)=O)cc1C(=O)Nc1ccc(C)cc1Cl. The zero-order valence-electron chi connectivity index (χ0n) is 12.1. The number of methoxy groups -OCH3 is 1. The summed E-state index contributed by atoms with van der Waals surface area (Å²) < 4.78 is 5.14. The number of nitrogens with one attached hydrogen (secondary N) is 1. The van der Waals surface area contributed by atoms with Crippen LogP contribution in [0.3, 0.4) is 0 Å². The van der Waals surface area contributed by atoms with Crippen molar-refractivity contribution in [1.29, 1.82) is 0 Å². The third kappa shape index (κ3) is 3.38. The van der Waals surface area contributed by atoms with Gasteiger partial charge in [-0.05, 0) is 42.8 Å². The van der Waals surface area contributed by atoms with Gasteiger partial charge < -0.3 is 15.8 Å². The van der Waals surface area contributed by atoms with E-state index in [-0.39, 0.29) is 11.1 Å². The Labute approximate surface area is 133 Å². The van der Waals surface area contributed by atoms with Crippen LogP contribution in [0.15, 0.2) is 36.4 Å². The highest BCUT2D eigenvalue weighted by Gasteiger charge is 2.16. The lowest BCUT2D eigenvalue weighted by molar-refractivity contribution is 0.1000. The van der Waals surface area contributed by atoms with Crippen LogP contribution in [-0.4, -0.2) is 18.9 Å². The van der Waals surface area contributed by atoms with Crippen LogP contribution < -0.4 is 15.8 Å². The van der Waals surface area contributed by atoms with E-state index in [1.54, 1.807) is 12.1 Å². The summed E-state index contributed by atoms with van der Waals surface area (Å²) in [6.07, 6.45) is 0. The zero-order chi connectivity index (χ0) is 16.3. The Hall–Kier alpha value is -2.53. The maximum atomic E-state index is 12.4. The number of amides is 2. The van der Waals surface area contributed by atoms with Crippen molar-refractivity contribution in [2.24, 2.45) is 5.73 Å². The van der Waals surface area contributed by atoms with Crippen molar-refractivity contribution >= 4 is 29.1 Å². The first-order chi connectivity index (χ1) is 10.4. The molecule has 0 bridgehead atoms. The smallest absolute Gasteiger partial charge is 0.259 e. The van der Waals surface area contributed by atoms with Crippen molar-refractivity contribution in [2.45, 2.75) is 6.92 Å². The molecular formula is C16H15ClN2O3. The Balaban J connectivity index is 2.35. The lowest BCUT2D eigenvalue weighted by Crippen LogP contribution is -2.16. The minimum Gasteiger partial charge on any atom is -0.496 e. The fourth-order valence-corrected chi connectivity index (χ4v) is 2.23. The van der Waals surface area contributed by atoms with Crippen LogP contribution in [0, 0.1) is 6.92 Å². The normalized spacial score (nSPS) is 10.1. The molecule has 5 nitrogen and oxygen atoms in total. The number of carbonyl (C=O) groups is 2. The highest BCUT2D eigenvalue weighted by molar-refractivity contribution is 6.34. The predicted octanol–water partition coefficient (Wildman–Crippen LogP) is 3.01. The average molecular weight is 319 g/mol. The molecule has 0 fully saturated rings. The fraction of sp³-hybridized carbons (Fsp3) is 0.125. The van der Waals surface area contributed by atoms with Crippen molar-refractivity contribution in [3.05, 3.63) is 58.1 Å². The second-order valence-electron chi connectivity index (χ2n) is 4.72. The number of primary amides is 1. The van der Waals surface area contributed by atoms with Crippen molar-refractivity contribution < 1.29 is 14.3 Å². The molecule has 0 saturated carbocycles. The number of aryl methyl sites for hydroxylation is 1. The highest BCUT2D eigenvalue weighted by Crippen LogP contribution is 2.25. The Morgan fingerprint density at radius 3 is 2.50 bits per heavy atom. The van der Waals surface area contributed by atoms with Gasteiger partial charge in [-0.15, -0.1) is 0 Å². The van der Waals surface area contributed by atoms with Gasteiger partial charge in [0.25, 0.3) is 5.91 Å². The molecule has 0 unspecified atom stereocenters. The molecule has 22 heavy (non-hydrogen) atoms. The largest absolute Gasteiger partial charge is 0.496 e. The summed E-state index contributed by atoms with van der Waals surface area (Å²) in [5, 5.41) is 3.12. The summed E-state index contributed by atoms with van der Waals surface area (Å²) in [4.78, 5) is 23.7. The van der Waals surface area contributed by atoms with Crippen LogP contribution >= 0.6 is 11.6 Å². The third-order valence-corrected chi connectivity index (χ3v) is 3.41. The van der Waals surface area contributed by atoms with E-state index < -0.39 is 11.8 Å². The van der Waals surface area contributed by atoms with Crippen LogP contribution in [0.1, 0.15) is 26.3 Å². The number of anilines is 1. The van der Waals surface area contributed by atoms with Gasteiger partial charge in [0.1, 0.15) is 5.75 Å². The van der Waals surface area contributed by atoms with Gasteiger partial charge in [-0.3, -0.25) is 9.59 Å². The summed E-state index contributed by atoms with van der Waals surface area (Å²) in [6, 6.07) is 9.69. The number of hydrogen-bond donors (Lipinski definition) is 2. The zero-order valence-corrected chi connectivity index (χ0v) is 12.9. The van der Waals surface area contributed by atoms with Crippen LogP contribution in [0.4, 0.5) is 5.69 Å². The number of nitrogens with two attached hydrogens (primary N) is 1. The predicted molar refractivity (Wildman–Crippen MR) is 85.7 cm³/mol. The van der Waals surface area contributed by atoms with E-state index in [9.17, 15) is 9.59 Å². The second kappa shape index (κ2) is 6.49. The molecule has 0 saturated heterocycles. The standard InChI is InChI=1S/C16H15ClN2O3/c1-9-3-5-13(12(17)7-9)19-16(21)11-8-10(15(18)20)4-6-14(11)22-2/h3-8H,1-2H3,(H2,18,20)(H,19,21). The fourth-order valence-electron chi connectivity index (χ4n) is 1.95. The number of halogens is 1. The molecule has 2 aromatic carbocycles.